The number of nitrogens with zero attached hydrogens (tertiary/aromatic N) is 2. The van der Waals surface area contributed by atoms with E-state index in [1.807, 2.05) is 30.3 Å². The molecule has 2 aliphatic heterocycles. The molecule has 0 bridgehead atoms. The molecule has 31 heavy (non-hydrogen) atoms. The van der Waals surface area contributed by atoms with Gasteiger partial charge in [-0.15, -0.1) is 0 Å². The van der Waals surface area contributed by atoms with Gasteiger partial charge in [-0.05, 0) is 73.6 Å². The molecule has 2 heterocycles. The maximum Gasteiger partial charge on any atom is 0.229 e. The molecule has 3 amide bonds. The zero-order chi connectivity index (χ0) is 21.4. The molecular weight excluding hydrogens is 390 g/mol. The predicted octanol–water partition coefficient (Wildman–Crippen LogP) is 3.68. The lowest BCUT2D eigenvalue weighted by Crippen LogP contribution is -2.35. The summed E-state index contributed by atoms with van der Waals surface area (Å²) in [6.45, 7) is 1.11. The number of amides is 3. The average molecular weight is 418 g/mol. The lowest BCUT2D eigenvalue weighted by atomic mass is 10.1. The molecule has 0 spiro atoms. The quantitative estimate of drug-likeness (QED) is 0.825. The van der Waals surface area contributed by atoms with Crippen molar-refractivity contribution in [2.45, 2.75) is 44.9 Å². The first-order valence-electron chi connectivity index (χ1n) is 11.2. The van der Waals surface area contributed by atoms with E-state index >= 15 is 0 Å². The Hall–Kier alpha value is -3.15. The molecule has 0 saturated carbocycles. The summed E-state index contributed by atoms with van der Waals surface area (Å²) in [5, 5.41) is 2.96. The molecule has 6 heteroatoms. The maximum atomic E-state index is 12.9. The van der Waals surface area contributed by atoms with E-state index in [2.05, 4.69) is 17.4 Å². The third-order valence-electron chi connectivity index (χ3n) is 6.64. The fourth-order valence-corrected chi connectivity index (χ4v) is 4.93. The summed E-state index contributed by atoms with van der Waals surface area (Å²) in [7, 11) is 0. The fourth-order valence-electron chi connectivity index (χ4n) is 4.93. The lowest BCUT2D eigenvalue weighted by molar-refractivity contribution is -0.122. The minimum atomic E-state index is -0.388. The maximum absolute atomic E-state index is 12.9. The van der Waals surface area contributed by atoms with Gasteiger partial charge in [0.1, 0.15) is 0 Å². The predicted molar refractivity (Wildman–Crippen MR) is 120 cm³/mol. The topological polar surface area (TPSA) is 69.7 Å². The minimum Gasteiger partial charge on any atom is -0.326 e. The van der Waals surface area contributed by atoms with Crippen LogP contribution in [0.1, 0.15) is 43.2 Å². The van der Waals surface area contributed by atoms with Gasteiger partial charge < -0.3 is 15.1 Å². The van der Waals surface area contributed by atoms with E-state index in [0.717, 1.165) is 37.1 Å². The van der Waals surface area contributed by atoms with Crippen molar-refractivity contribution in [1.82, 2.24) is 0 Å². The first-order chi connectivity index (χ1) is 15.1. The number of rotatable bonds is 4. The van der Waals surface area contributed by atoms with Gasteiger partial charge in [0.2, 0.25) is 17.7 Å². The highest BCUT2D eigenvalue weighted by molar-refractivity contribution is 6.04. The molecule has 160 valence electrons. The number of piperidine rings is 1. The van der Waals surface area contributed by atoms with Crippen molar-refractivity contribution in [3.63, 3.8) is 0 Å². The van der Waals surface area contributed by atoms with Gasteiger partial charge in [0.25, 0.3) is 0 Å². The Bertz CT molecular complexity index is 1050. The van der Waals surface area contributed by atoms with E-state index in [1.54, 1.807) is 9.80 Å². The largest absolute Gasteiger partial charge is 0.326 e. The molecule has 1 atom stereocenters. The number of fused-ring (bicyclic) bond motifs is 1. The molecule has 6 nitrogen and oxygen atoms in total. The summed E-state index contributed by atoms with van der Waals surface area (Å²) in [4.78, 5) is 41.3. The van der Waals surface area contributed by atoms with Crippen LogP contribution in [0.5, 0.6) is 0 Å². The molecule has 0 aromatic heterocycles. The third-order valence-corrected chi connectivity index (χ3v) is 6.64. The summed E-state index contributed by atoms with van der Waals surface area (Å²) in [6.07, 6.45) is 6.04. The van der Waals surface area contributed by atoms with E-state index < -0.39 is 0 Å². The summed E-state index contributed by atoms with van der Waals surface area (Å²) >= 11 is 0. The third kappa shape index (κ3) is 3.94. The Morgan fingerprint density at radius 3 is 2.55 bits per heavy atom. The first kappa shape index (κ1) is 19.8. The van der Waals surface area contributed by atoms with Gasteiger partial charge >= 0.3 is 0 Å². The van der Waals surface area contributed by atoms with E-state index in [-0.39, 0.29) is 30.1 Å². The summed E-state index contributed by atoms with van der Waals surface area (Å²) < 4.78 is 0. The van der Waals surface area contributed by atoms with Crippen molar-refractivity contribution in [3.8, 4) is 0 Å². The normalized spacial score (nSPS) is 20.8. The minimum absolute atomic E-state index is 0.00855. The molecular formula is C25H27N3O3. The van der Waals surface area contributed by atoms with Crippen LogP contribution in [0.4, 0.5) is 17.1 Å². The van der Waals surface area contributed by atoms with Gasteiger partial charge in [0, 0.05) is 43.0 Å². The van der Waals surface area contributed by atoms with Gasteiger partial charge in [0.15, 0.2) is 0 Å². The molecule has 3 aliphatic rings. The van der Waals surface area contributed by atoms with Gasteiger partial charge in [0.05, 0.1) is 5.92 Å². The van der Waals surface area contributed by atoms with Crippen molar-refractivity contribution < 1.29 is 14.4 Å². The molecule has 1 N–H and O–H groups in total. The van der Waals surface area contributed by atoms with Crippen LogP contribution in [-0.4, -0.2) is 30.8 Å². The Labute approximate surface area is 182 Å². The first-order valence-corrected chi connectivity index (χ1v) is 11.2. The molecule has 2 fully saturated rings. The van der Waals surface area contributed by atoms with Gasteiger partial charge in [-0.1, -0.05) is 12.1 Å². The number of carbonyl (C=O) groups excluding carboxylic acids is 3. The summed E-state index contributed by atoms with van der Waals surface area (Å²) in [6, 6.07) is 13.6. The Kier molecular flexibility index (Phi) is 5.22. The van der Waals surface area contributed by atoms with E-state index in [1.165, 1.54) is 17.5 Å². The standard InChI is InChI=1S/C25H27N3O3/c29-23-9-1-2-12-27(23)21-8-4-7-20(15-21)26-25(31)19-14-24(30)28(16-19)22-11-10-17-5-3-6-18(17)13-22/h4,7-8,10-11,13,15,19H,1-3,5-6,9,12,14,16H2,(H,26,31). The van der Waals surface area contributed by atoms with Gasteiger partial charge in [-0.2, -0.15) is 0 Å². The second kappa shape index (κ2) is 8.17. The van der Waals surface area contributed by atoms with Crippen molar-refractivity contribution >= 4 is 34.8 Å². The Morgan fingerprint density at radius 1 is 0.839 bits per heavy atom. The van der Waals surface area contributed by atoms with Crippen LogP contribution in [0, 0.1) is 5.92 Å². The van der Waals surface area contributed by atoms with Crippen LogP contribution >= 0.6 is 0 Å². The van der Waals surface area contributed by atoms with Crippen LogP contribution in [0.15, 0.2) is 42.5 Å². The van der Waals surface area contributed by atoms with Gasteiger partial charge in [-0.3, -0.25) is 14.4 Å². The van der Waals surface area contributed by atoms with E-state index in [0.29, 0.717) is 25.2 Å². The Balaban J connectivity index is 1.27. The number of carbonyl (C=O) groups is 3. The van der Waals surface area contributed by atoms with Crippen molar-refractivity contribution in [2.24, 2.45) is 5.92 Å². The van der Waals surface area contributed by atoms with E-state index in [9.17, 15) is 14.4 Å². The van der Waals surface area contributed by atoms with Gasteiger partial charge in [-0.25, -0.2) is 0 Å². The molecule has 2 aromatic rings. The van der Waals surface area contributed by atoms with Crippen molar-refractivity contribution in [1.29, 1.82) is 0 Å². The molecule has 1 aliphatic carbocycles. The lowest BCUT2D eigenvalue weighted by Gasteiger charge is -2.27. The van der Waals surface area contributed by atoms with Crippen molar-refractivity contribution in [3.05, 3.63) is 53.6 Å². The number of hydrogen-bond acceptors (Lipinski definition) is 3. The average Bonchev–Trinajstić information content (AvgIpc) is 3.40. The fraction of sp³-hybridized carbons (Fsp3) is 0.400. The molecule has 0 radical (unpaired) electrons. The molecule has 5 rings (SSSR count). The number of benzene rings is 2. The summed E-state index contributed by atoms with van der Waals surface area (Å²) in [5.74, 6) is -0.424. The number of aryl methyl sites for hydroxylation is 2. The second-order valence-electron chi connectivity index (χ2n) is 8.75. The highest BCUT2D eigenvalue weighted by Crippen LogP contribution is 2.31. The SMILES string of the molecule is O=C(Nc1cccc(N2CCCCC2=O)c1)C1CC(=O)N(c2ccc3c(c2)CCC3)C1. The monoisotopic (exact) mass is 417 g/mol. The second-order valence-corrected chi connectivity index (χ2v) is 8.75. The number of nitrogens with one attached hydrogen (secondary N) is 1. The zero-order valence-corrected chi connectivity index (χ0v) is 17.6. The van der Waals surface area contributed by atoms with Crippen LogP contribution in [0.3, 0.4) is 0 Å². The molecule has 2 aromatic carbocycles. The zero-order valence-electron chi connectivity index (χ0n) is 17.6. The van der Waals surface area contributed by atoms with Crippen LogP contribution < -0.4 is 15.1 Å². The van der Waals surface area contributed by atoms with Crippen molar-refractivity contribution in [2.75, 3.05) is 28.2 Å². The molecule has 2 saturated heterocycles. The molecule has 1 unspecified atom stereocenters. The van der Waals surface area contributed by atoms with Crippen LogP contribution in [0.25, 0.3) is 0 Å². The Morgan fingerprint density at radius 2 is 1.68 bits per heavy atom. The highest BCUT2D eigenvalue weighted by Gasteiger charge is 2.35. The highest BCUT2D eigenvalue weighted by atomic mass is 16.2. The summed E-state index contributed by atoms with van der Waals surface area (Å²) in [5.41, 5.74) is 5.06. The number of hydrogen-bond donors (Lipinski definition) is 1. The number of anilines is 3. The van der Waals surface area contributed by atoms with Crippen LogP contribution in [-0.2, 0) is 27.2 Å². The van der Waals surface area contributed by atoms with Crippen LogP contribution in [0.2, 0.25) is 0 Å². The smallest absolute Gasteiger partial charge is 0.229 e. The van der Waals surface area contributed by atoms with E-state index in [4.69, 9.17) is 0 Å².